The minimum atomic E-state index is 0.0999. The first-order valence-corrected chi connectivity index (χ1v) is 8.46. The summed E-state index contributed by atoms with van der Waals surface area (Å²) in [6, 6.07) is 18.3. The van der Waals surface area contributed by atoms with Crippen molar-refractivity contribution < 1.29 is 0 Å². The molecule has 2 aromatic carbocycles. The summed E-state index contributed by atoms with van der Waals surface area (Å²) in [6.07, 6.45) is 3.27. The van der Waals surface area contributed by atoms with Crippen molar-refractivity contribution in [1.29, 1.82) is 0 Å². The van der Waals surface area contributed by atoms with Crippen LogP contribution >= 0.6 is 0 Å². The van der Waals surface area contributed by atoms with Gasteiger partial charge in [-0.25, -0.2) is 0 Å². The fourth-order valence-corrected chi connectivity index (χ4v) is 3.03. The lowest BCUT2D eigenvalue weighted by molar-refractivity contribution is 0.651. The SMILES string of the molecule is CCCCn1c(-c2ccc(CC)cc2)cc(=O)c2ccccc21. The number of rotatable bonds is 5. The van der Waals surface area contributed by atoms with E-state index in [9.17, 15) is 4.79 Å². The lowest BCUT2D eigenvalue weighted by Gasteiger charge is -2.17. The maximum Gasteiger partial charge on any atom is 0.190 e. The maximum atomic E-state index is 12.5. The summed E-state index contributed by atoms with van der Waals surface area (Å²) in [6.45, 7) is 5.28. The number of fused-ring (bicyclic) bond motifs is 1. The van der Waals surface area contributed by atoms with Crippen LogP contribution in [0.2, 0.25) is 0 Å². The van der Waals surface area contributed by atoms with E-state index < -0.39 is 0 Å². The van der Waals surface area contributed by atoms with E-state index in [0.717, 1.165) is 48.0 Å². The molecule has 0 saturated heterocycles. The molecule has 1 heterocycles. The summed E-state index contributed by atoms with van der Waals surface area (Å²) in [4.78, 5) is 12.5. The molecular weight excluding hydrogens is 282 g/mol. The fourth-order valence-electron chi connectivity index (χ4n) is 3.03. The largest absolute Gasteiger partial charge is 0.340 e. The molecule has 23 heavy (non-hydrogen) atoms. The summed E-state index contributed by atoms with van der Waals surface area (Å²) in [7, 11) is 0. The van der Waals surface area contributed by atoms with Gasteiger partial charge in [-0.1, -0.05) is 56.7 Å². The lowest BCUT2D eigenvalue weighted by Crippen LogP contribution is -2.12. The highest BCUT2D eigenvalue weighted by atomic mass is 16.1. The van der Waals surface area contributed by atoms with Crippen LogP contribution in [0, 0.1) is 0 Å². The number of para-hydroxylation sites is 1. The molecule has 0 aliphatic heterocycles. The van der Waals surface area contributed by atoms with Crippen LogP contribution in [0.4, 0.5) is 0 Å². The molecule has 0 unspecified atom stereocenters. The zero-order valence-corrected chi connectivity index (χ0v) is 13.9. The first-order chi connectivity index (χ1) is 11.2. The van der Waals surface area contributed by atoms with Crippen LogP contribution in [-0.4, -0.2) is 4.57 Å². The summed E-state index contributed by atoms with van der Waals surface area (Å²) in [5.74, 6) is 0. The van der Waals surface area contributed by atoms with E-state index in [1.807, 2.05) is 18.2 Å². The number of pyridine rings is 1. The van der Waals surface area contributed by atoms with Gasteiger partial charge in [0.05, 0.1) is 11.2 Å². The number of benzene rings is 2. The first-order valence-electron chi connectivity index (χ1n) is 8.46. The summed E-state index contributed by atoms with van der Waals surface area (Å²) in [5, 5.41) is 0.803. The van der Waals surface area contributed by atoms with Gasteiger partial charge in [0.1, 0.15) is 0 Å². The van der Waals surface area contributed by atoms with E-state index in [1.54, 1.807) is 6.07 Å². The Morgan fingerprint density at radius 3 is 2.39 bits per heavy atom. The van der Waals surface area contributed by atoms with Crippen LogP contribution in [0.5, 0.6) is 0 Å². The summed E-state index contributed by atoms with van der Waals surface area (Å²) >= 11 is 0. The van der Waals surface area contributed by atoms with Gasteiger partial charge in [0.15, 0.2) is 5.43 Å². The van der Waals surface area contributed by atoms with Crippen molar-refractivity contribution in [1.82, 2.24) is 4.57 Å². The molecule has 0 N–H and O–H groups in total. The van der Waals surface area contributed by atoms with Crippen LogP contribution in [0.1, 0.15) is 32.3 Å². The monoisotopic (exact) mass is 305 g/mol. The van der Waals surface area contributed by atoms with E-state index in [2.05, 4.69) is 48.7 Å². The molecule has 2 heteroatoms. The van der Waals surface area contributed by atoms with Crippen molar-refractivity contribution >= 4 is 10.9 Å². The van der Waals surface area contributed by atoms with Gasteiger partial charge in [-0.2, -0.15) is 0 Å². The third-order valence-corrected chi connectivity index (χ3v) is 4.41. The number of unbranched alkanes of at least 4 members (excludes halogenated alkanes) is 1. The Kier molecular flexibility index (Phi) is 4.61. The van der Waals surface area contributed by atoms with Crippen molar-refractivity contribution in [2.75, 3.05) is 0 Å². The molecule has 2 nitrogen and oxygen atoms in total. The third-order valence-electron chi connectivity index (χ3n) is 4.41. The lowest BCUT2D eigenvalue weighted by atomic mass is 10.0. The highest BCUT2D eigenvalue weighted by Crippen LogP contribution is 2.24. The minimum absolute atomic E-state index is 0.0999. The second-order valence-electron chi connectivity index (χ2n) is 5.97. The first kappa shape index (κ1) is 15.5. The molecule has 3 aromatic rings. The quantitative estimate of drug-likeness (QED) is 0.648. The molecule has 0 aliphatic carbocycles. The van der Waals surface area contributed by atoms with Crippen LogP contribution in [0.25, 0.3) is 22.2 Å². The van der Waals surface area contributed by atoms with Crippen LogP contribution in [0.3, 0.4) is 0 Å². The Hall–Kier alpha value is -2.35. The molecule has 0 radical (unpaired) electrons. The van der Waals surface area contributed by atoms with Crippen LogP contribution < -0.4 is 5.43 Å². The number of hydrogen-bond acceptors (Lipinski definition) is 1. The van der Waals surface area contributed by atoms with Crippen molar-refractivity contribution in [2.24, 2.45) is 0 Å². The van der Waals surface area contributed by atoms with Crippen LogP contribution in [0.15, 0.2) is 59.4 Å². The number of aromatic nitrogens is 1. The Morgan fingerprint density at radius 1 is 0.957 bits per heavy atom. The molecule has 0 aliphatic rings. The number of hydrogen-bond donors (Lipinski definition) is 0. The van der Waals surface area contributed by atoms with Crippen molar-refractivity contribution in [3.8, 4) is 11.3 Å². The van der Waals surface area contributed by atoms with Gasteiger partial charge in [-0.15, -0.1) is 0 Å². The van der Waals surface area contributed by atoms with E-state index >= 15 is 0 Å². The van der Waals surface area contributed by atoms with Crippen molar-refractivity contribution in [2.45, 2.75) is 39.7 Å². The topological polar surface area (TPSA) is 22.0 Å². The normalized spacial score (nSPS) is 11.0. The predicted octanol–water partition coefficient (Wildman–Crippen LogP) is 5.03. The molecule has 0 saturated carbocycles. The van der Waals surface area contributed by atoms with Gasteiger partial charge in [0.25, 0.3) is 0 Å². The molecule has 0 bridgehead atoms. The van der Waals surface area contributed by atoms with Crippen molar-refractivity contribution in [3.05, 3.63) is 70.4 Å². The Balaban J connectivity index is 2.23. The van der Waals surface area contributed by atoms with Gasteiger partial charge < -0.3 is 4.57 Å². The average Bonchev–Trinajstić information content (AvgIpc) is 2.61. The van der Waals surface area contributed by atoms with E-state index in [-0.39, 0.29) is 5.43 Å². The average molecular weight is 305 g/mol. The van der Waals surface area contributed by atoms with E-state index in [0.29, 0.717) is 0 Å². The van der Waals surface area contributed by atoms with Gasteiger partial charge in [0.2, 0.25) is 0 Å². The molecule has 1 aromatic heterocycles. The highest BCUT2D eigenvalue weighted by molar-refractivity contribution is 5.82. The minimum Gasteiger partial charge on any atom is -0.340 e. The Labute approximate surface area is 137 Å². The van der Waals surface area contributed by atoms with Crippen molar-refractivity contribution in [3.63, 3.8) is 0 Å². The highest BCUT2D eigenvalue weighted by Gasteiger charge is 2.10. The molecule has 0 spiro atoms. The second kappa shape index (κ2) is 6.82. The molecular formula is C21H23NO. The van der Waals surface area contributed by atoms with Gasteiger partial charge in [-0.05, 0) is 36.1 Å². The molecule has 3 rings (SSSR count). The molecule has 118 valence electrons. The predicted molar refractivity (Wildman–Crippen MR) is 97.9 cm³/mol. The zero-order chi connectivity index (χ0) is 16.2. The Morgan fingerprint density at radius 2 is 1.70 bits per heavy atom. The maximum absolute atomic E-state index is 12.5. The van der Waals surface area contributed by atoms with E-state index in [1.165, 1.54) is 5.56 Å². The number of nitrogens with zero attached hydrogens (tertiary/aromatic N) is 1. The van der Waals surface area contributed by atoms with Gasteiger partial charge in [0, 0.05) is 18.0 Å². The van der Waals surface area contributed by atoms with E-state index in [4.69, 9.17) is 0 Å². The zero-order valence-electron chi connectivity index (χ0n) is 13.9. The molecule has 0 atom stereocenters. The number of aryl methyl sites for hydroxylation is 2. The second-order valence-corrected chi connectivity index (χ2v) is 5.97. The summed E-state index contributed by atoms with van der Waals surface area (Å²) in [5.41, 5.74) is 4.58. The molecule has 0 amide bonds. The smallest absolute Gasteiger partial charge is 0.190 e. The third kappa shape index (κ3) is 3.07. The van der Waals surface area contributed by atoms with Gasteiger partial charge in [-0.3, -0.25) is 4.79 Å². The Bertz CT molecular complexity index is 859. The summed E-state index contributed by atoms with van der Waals surface area (Å²) < 4.78 is 2.29. The van der Waals surface area contributed by atoms with Gasteiger partial charge >= 0.3 is 0 Å². The van der Waals surface area contributed by atoms with Crippen LogP contribution in [-0.2, 0) is 13.0 Å². The standard InChI is InChI=1S/C21H23NO/c1-3-5-14-22-19-9-7-6-8-18(19)21(23)15-20(22)17-12-10-16(4-2)11-13-17/h6-13,15H,3-5,14H2,1-2H3. The fraction of sp³-hybridized carbons (Fsp3) is 0.286. The molecule has 0 fully saturated rings.